The fourth-order valence-corrected chi connectivity index (χ4v) is 2.39. The Balaban J connectivity index is 1.53. The van der Waals surface area contributed by atoms with E-state index in [9.17, 15) is 4.79 Å². The van der Waals surface area contributed by atoms with Crippen molar-refractivity contribution in [2.24, 2.45) is 7.05 Å². The van der Waals surface area contributed by atoms with E-state index >= 15 is 0 Å². The number of hydrogen-bond donors (Lipinski definition) is 0. The number of ether oxygens (including phenoxy) is 3. The highest BCUT2D eigenvalue weighted by Crippen LogP contribution is 2.18. The van der Waals surface area contributed by atoms with Gasteiger partial charge < -0.3 is 14.2 Å². The van der Waals surface area contributed by atoms with Crippen molar-refractivity contribution in [3.63, 3.8) is 0 Å². The van der Waals surface area contributed by atoms with E-state index in [4.69, 9.17) is 25.8 Å². The zero-order chi connectivity index (χ0) is 16.9. The van der Waals surface area contributed by atoms with E-state index in [0.717, 1.165) is 19.4 Å². The van der Waals surface area contributed by atoms with Crippen molar-refractivity contribution >= 4 is 17.6 Å². The summed E-state index contributed by atoms with van der Waals surface area (Å²) in [5.41, 5.74) is 0.602. The molecule has 1 fully saturated rings. The lowest BCUT2D eigenvalue weighted by Crippen LogP contribution is -2.22. The molecule has 0 bridgehead atoms. The first-order chi connectivity index (χ1) is 11.6. The normalized spacial score (nSPS) is 17.0. The van der Waals surface area contributed by atoms with Crippen LogP contribution in [0.2, 0.25) is 5.02 Å². The van der Waals surface area contributed by atoms with Gasteiger partial charge in [0.1, 0.15) is 12.3 Å². The van der Waals surface area contributed by atoms with Crippen LogP contribution in [-0.2, 0) is 21.3 Å². The predicted molar refractivity (Wildman–Crippen MR) is 84.7 cm³/mol. The highest BCUT2D eigenvalue weighted by Gasteiger charge is 2.18. The number of aromatic nitrogens is 4. The number of carbonyl (C=O) groups excluding carboxylic acids is 1. The highest BCUT2D eigenvalue weighted by atomic mass is 35.5. The van der Waals surface area contributed by atoms with Gasteiger partial charge in [0.05, 0.1) is 11.1 Å². The zero-order valence-corrected chi connectivity index (χ0v) is 13.9. The lowest BCUT2D eigenvalue weighted by Gasteiger charge is -2.09. The molecule has 1 saturated heterocycles. The van der Waals surface area contributed by atoms with Gasteiger partial charge in [-0.15, -0.1) is 5.10 Å². The van der Waals surface area contributed by atoms with Crippen molar-refractivity contribution in [2.75, 3.05) is 19.8 Å². The maximum Gasteiger partial charge on any atom is 0.344 e. The third-order valence-corrected chi connectivity index (χ3v) is 3.70. The molecule has 0 aliphatic carbocycles. The maximum absolute atomic E-state index is 11.7. The monoisotopic (exact) mass is 352 g/mol. The van der Waals surface area contributed by atoms with E-state index < -0.39 is 5.97 Å². The molecule has 128 valence electrons. The van der Waals surface area contributed by atoms with Crippen LogP contribution in [0.25, 0.3) is 11.5 Å². The summed E-state index contributed by atoms with van der Waals surface area (Å²) in [6.45, 7) is 0.708. The minimum absolute atomic E-state index is 0.00972. The van der Waals surface area contributed by atoms with Gasteiger partial charge in [-0.1, -0.05) is 11.6 Å². The van der Waals surface area contributed by atoms with Crippen LogP contribution in [0.3, 0.4) is 0 Å². The molecule has 1 atom stereocenters. The molecule has 24 heavy (non-hydrogen) atoms. The minimum Gasteiger partial charge on any atom is -0.460 e. The summed E-state index contributed by atoms with van der Waals surface area (Å²) in [5, 5.41) is 4.63. The molecule has 2 aromatic heterocycles. The number of pyridine rings is 1. The van der Waals surface area contributed by atoms with Crippen LogP contribution in [0.4, 0.5) is 0 Å². The van der Waals surface area contributed by atoms with Crippen LogP contribution in [0.15, 0.2) is 18.3 Å². The first kappa shape index (κ1) is 16.7. The Morgan fingerprint density at radius 2 is 2.38 bits per heavy atom. The number of rotatable bonds is 6. The van der Waals surface area contributed by atoms with E-state index in [0.29, 0.717) is 16.5 Å². The predicted octanol–water partition coefficient (Wildman–Crippen LogP) is 1.63. The Hall–Kier alpha value is -2.19. The van der Waals surface area contributed by atoms with E-state index in [-0.39, 0.29) is 25.3 Å². The zero-order valence-electron chi connectivity index (χ0n) is 13.1. The first-order valence-corrected chi connectivity index (χ1v) is 7.92. The highest BCUT2D eigenvalue weighted by molar-refractivity contribution is 6.30. The molecule has 1 unspecified atom stereocenters. The molecular formula is C15H17ClN4O4. The molecule has 1 aliphatic heterocycles. The molecule has 8 nitrogen and oxygen atoms in total. The van der Waals surface area contributed by atoms with Gasteiger partial charge in [0.25, 0.3) is 0 Å². The van der Waals surface area contributed by atoms with Crippen LogP contribution >= 0.6 is 11.6 Å². The SMILES string of the molecule is Cn1nc(OCC(=O)OCC2CCCO2)nc1-c1ccc(Cl)cn1. The number of nitrogens with zero attached hydrogens (tertiary/aromatic N) is 4. The van der Waals surface area contributed by atoms with Crippen molar-refractivity contribution in [1.82, 2.24) is 19.7 Å². The number of halogens is 1. The molecule has 3 heterocycles. The van der Waals surface area contributed by atoms with Crippen molar-refractivity contribution < 1.29 is 19.0 Å². The summed E-state index contributed by atoms with van der Waals surface area (Å²) < 4.78 is 17.3. The molecule has 0 amide bonds. The van der Waals surface area contributed by atoms with E-state index in [1.807, 2.05) is 0 Å². The Morgan fingerprint density at radius 1 is 1.50 bits per heavy atom. The lowest BCUT2D eigenvalue weighted by atomic mass is 10.2. The first-order valence-electron chi connectivity index (χ1n) is 7.55. The fourth-order valence-electron chi connectivity index (χ4n) is 2.28. The summed E-state index contributed by atoms with van der Waals surface area (Å²) in [5.74, 6) is 0.0264. The summed E-state index contributed by atoms with van der Waals surface area (Å²) in [6, 6.07) is 3.52. The second-order valence-electron chi connectivity index (χ2n) is 5.31. The second-order valence-corrected chi connectivity index (χ2v) is 5.75. The number of aryl methyl sites for hydroxylation is 1. The van der Waals surface area contributed by atoms with Crippen LogP contribution in [0.5, 0.6) is 6.01 Å². The largest absolute Gasteiger partial charge is 0.460 e. The maximum atomic E-state index is 11.7. The standard InChI is InChI=1S/C15H17ClN4O4/c1-20-14(12-5-4-10(16)7-17-12)18-15(19-20)24-9-13(21)23-8-11-3-2-6-22-11/h4-5,7,11H,2-3,6,8-9H2,1H3. The van der Waals surface area contributed by atoms with Gasteiger partial charge in [0, 0.05) is 19.9 Å². The average molecular weight is 353 g/mol. The summed E-state index contributed by atoms with van der Waals surface area (Å²) in [7, 11) is 1.71. The Kier molecular flexibility index (Phi) is 5.27. The Bertz CT molecular complexity index is 698. The van der Waals surface area contributed by atoms with Crippen molar-refractivity contribution in [3.8, 4) is 17.5 Å². The Labute approximate surface area is 143 Å². The van der Waals surface area contributed by atoms with Gasteiger partial charge in [-0.05, 0) is 25.0 Å². The van der Waals surface area contributed by atoms with Gasteiger partial charge in [-0.3, -0.25) is 4.98 Å². The third-order valence-electron chi connectivity index (χ3n) is 3.47. The van der Waals surface area contributed by atoms with Gasteiger partial charge in [0.2, 0.25) is 0 Å². The summed E-state index contributed by atoms with van der Waals surface area (Å²) in [4.78, 5) is 20.1. The molecule has 0 radical (unpaired) electrons. The molecule has 3 rings (SSSR count). The van der Waals surface area contributed by atoms with Crippen molar-refractivity contribution in [3.05, 3.63) is 23.4 Å². The van der Waals surface area contributed by atoms with Crippen molar-refractivity contribution in [1.29, 1.82) is 0 Å². The number of esters is 1. The van der Waals surface area contributed by atoms with Crippen LogP contribution < -0.4 is 4.74 Å². The molecule has 0 spiro atoms. The summed E-state index contributed by atoms with van der Waals surface area (Å²) >= 11 is 5.82. The average Bonchev–Trinajstić information content (AvgIpc) is 3.21. The van der Waals surface area contributed by atoms with Crippen LogP contribution in [0, 0.1) is 0 Å². The van der Waals surface area contributed by atoms with E-state index in [1.165, 1.54) is 10.9 Å². The van der Waals surface area contributed by atoms with E-state index in [1.54, 1.807) is 19.2 Å². The molecule has 1 aliphatic rings. The van der Waals surface area contributed by atoms with Crippen LogP contribution in [0.1, 0.15) is 12.8 Å². The number of carbonyl (C=O) groups is 1. The molecule has 2 aromatic rings. The quantitative estimate of drug-likeness (QED) is 0.730. The molecule has 0 saturated carbocycles. The Morgan fingerprint density at radius 3 is 3.08 bits per heavy atom. The summed E-state index contributed by atoms with van der Waals surface area (Å²) in [6.07, 6.45) is 3.42. The van der Waals surface area contributed by atoms with Gasteiger partial charge in [0.15, 0.2) is 12.4 Å². The van der Waals surface area contributed by atoms with E-state index in [2.05, 4.69) is 15.1 Å². The molecule has 0 aromatic carbocycles. The molecular weight excluding hydrogens is 336 g/mol. The lowest BCUT2D eigenvalue weighted by molar-refractivity contribution is -0.149. The minimum atomic E-state index is -0.482. The third kappa shape index (κ3) is 4.21. The van der Waals surface area contributed by atoms with Gasteiger partial charge in [-0.25, -0.2) is 9.48 Å². The fraction of sp³-hybridized carbons (Fsp3) is 0.467. The van der Waals surface area contributed by atoms with Crippen LogP contribution in [-0.4, -0.2) is 51.6 Å². The second kappa shape index (κ2) is 7.59. The number of hydrogen-bond acceptors (Lipinski definition) is 7. The molecule has 9 heteroatoms. The van der Waals surface area contributed by atoms with Gasteiger partial charge >= 0.3 is 12.0 Å². The topological polar surface area (TPSA) is 88.4 Å². The van der Waals surface area contributed by atoms with Crippen molar-refractivity contribution in [2.45, 2.75) is 18.9 Å². The molecule has 0 N–H and O–H groups in total. The smallest absolute Gasteiger partial charge is 0.344 e. The van der Waals surface area contributed by atoms with Gasteiger partial charge in [-0.2, -0.15) is 4.98 Å².